The maximum absolute atomic E-state index is 5.98. The molecule has 0 saturated heterocycles. The Bertz CT molecular complexity index is 744. The van der Waals surface area contributed by atoms with Gasteiger partial charge in [-0.15, -0.1) is 0 Å². The first-order valence-electron chi connectivity index (χ1n) is 6.44. The van der Waals surface area contributed by atoms with E-state index in [1.807, 2.05) is 19.1 Å². The molecule has 5 N–H and O–H groups in total. The summed E-state index contributed by atoms with van der Waals surface area (Å²) in [6.07, 6.45) is 1.88. The standard InChI is InChI=1S/C14H17N5/c1-8-17-12-11-9(5-3-7-15)4-2-6-10(11)19-14(16)13(12)18-8/h2,4,6H,3,5,7,15H2,1H3,(H2,16,19)(H,17,18). The van der Waals surface area contributed by atoms with E-state index in [-0.39, 0.29) is 0 Å². The summed E-state index contributed by atoms with van der Waals surface area (Å²) in [5.41, 5.74) is 15.4. The number of fused-ring (bicyclic) bond motifs is 3. The molecule has 19 heavy (non-hydrogen) atoms. The van der Waals surface area contributed by atoms with E-state index < -0.39 is 0 Å². The highest BCUT2D eigenvalue weighted by molar-refractivity contribution is 6.07. The zero-order valence-electron chi connectivity index (χ0n) is 10.9. The number of pyridine rings is 1. The van der Waals surface area contributed by atoms with Gasteiger partial charge in [0.25, 0.3) is 0 Å². The van der Waals surface area contributed by atoms with Crippen molar-refractivity contribution in [3.63, 3.8) is 0 Å². The molecule has 0 aliphatic rings. The summed E-state index contributed by atoms with van der Waals surface area (Å²) in [6.45, 7) is 2.61. The van der Waals surface area contributed by atoms with Crippen molar-refractivity contribution in [1.82, 2.24) is 15.0 Å². The molecule has 0 amide bonds. The van der Waals surface area contributed by atoms with Gasteiger partial charge in [0.2, 0.25) is 0 Å². The molecule has 0 saturated carbocycles. The lowest BCUT2D eigenvalue weighted by atomic mass is 10.0. The number of aromatic nitrogens is 3. The number of H-pyrrole nitrogens is 1. The topological polar surface area (TPSA) is 93.6 Å². The van der Waals surface area contributed by atoms with Crippen LogP contribution in [0.4, 0.5) is 5.82 Å². The Morgan fingerprint density at radius 3 is 2.89 bits per heavy atom. The zero-order chi connectivity index (χ0) is 13.4. The van der Waals surface area contributed by atoms with E-state index in [0.717, 1.165) is 40.6 Å². The monoisotopic (exact) mass is 255 g/mol. The summed E-state index contributed by atoms with van der Waals surface area (Å²) < 4.78 is 0. The lowest BCUT2D eigenvalue weighted by Gasteiger charge is -2.07. The van der Waals surface area contributed by atoms with Gasteiger partial charge in [0.15, 0.2) is 0 Å². The average Bonchev–Trinajstić information content (AvgIpc) is 2.78. The van der Waals surface area contributed by atoms with Crippen molar-refractivity contribution in [2.75, 3.05) is 12.3 Å². The lowest BCUT2D eigenvalue weighted by molar-refractivity contribution is 0.837. The molecule has 2 aromatic heterocycles. The van der Waals surface area contributed by atoms with Gasteiger partial charge >= 0.3 is 0 Å². The Morgan fingerprint density at radius 1 is 1.26 bits per heavy atom. The summed E-state index contributed by atoms with van der Waals surface area (Å²) in [4.78, 5) is 12.2. The molecule has 0 bridgehead atoms. The molecule has 98 valence electrons. The van der Waals surface area contributed by atoms with Crippen LogP contribution in [0.5, 0.6) is 0 Å². The normalized spacial score (nSPS) is 11.5. The first-order valence-corrected chi connectivity index (χ1v) is 6.44. The fraction of sp³-hybridized carbons (Fsp3) is 0.286. The van der Waals surface area contributed by atoms with Crippen molar-refractivity contribution in [2.45, 2.75) is 19.8 Å². The molecular weight excluding hydrogens is 238 g/mol. The third kappa shape index (κ3) is 1.92. The quantitative estimate of drug-likeness (QED) is 0.666. The number of imidazole rings is 1. The number of benzene rings is 1. The van der Waals surface area contributed by atoms with Crippen molar-refractivity contribution in [1.29, 1.82) is 0 Å². The molecule has 1 aromatic carbocycles. The van der Waals surface area contributed by atoms with Crippen LogP contribution in [0.25, 0.3) is 21.9 Å². The molecule has 0 spiro atoms. The van der Waals surface area contributed by atoms with Crippen molar-refractivity contribution in [3.05, 3.63) is 29.6 Å². The first kappa shape index (κ1) is 11.9. The van der Waals surface area contributed by atoms with Gasteiger partial charge in [0, 0.05) is 5.39 Å². The van der Waals surface area contributed by atoms with Crippen LogP contribution in [0.15, 0.2) is 18.2 Å². The predicted octanol–water partition coefficient (Wildman–Crippen LogP) is 1.89. The molecule has 0 radical (unpaired) electrons. The molecule has 0 aliphatic heterocycles. The highest BCUT2D eigenvalue weighted by Gasteiger charge is 2.12. The van der Waals surface area contributed by atoms with Crippen molar-refractivity contribution in [3.8, 4) is 0 Å². The number of rotatable bonds is 3. The minimum atomic E-state index is 0.499. The molecule has 0 unspecified atom stereocenters. The zero-order valence-corrected chi connectivity index (χ0v) is 10.9. The van der Waals surface area contributed by atoms with Crippen LogP contribution in [0.2, 0.25) is 0 Å². The molecule has 3 aromatic rings. The van der Waals surface area contributed by atoms with Crippen LogP contribution < -0.4 is 11.5 Å². The van der Waals surface area contributed by atoms with Gasteiger partial charge in [-0.1, -0.05) is 12.1 Å². The van der Waals surface area contributed by atoms with E-state index in [0.29, 0.717) is 12.4 Å². The van der Waals surface area contributed by atoms with Crippen molar-refractivity contribution in [2.24, 2.45) is 5.73 Å². The molecule has 5 nitrogen and oxygen atoms in total. The Hall–Kier alpha value is -2.14. The fourth-order valence-corrected chi connectivity index (χ4v) is 2.50. The molecule has 2 heterocycles. The molecule has 0 aliphatic carbocycles. The highest BCUT2D eigenvalue weighted by Crippen LogP contribution is 2.29. The molecule has 0 atom stereocenters. The van der Waals surface area contributed by atoms with Crippen LogP contribution in [-0.4, -0.2) is 21.5 Å². The SMILES string of the molecule is Cc1nc2c([nH]1)c(N)nc1cccc(CCCN)c12. The van der Waals surface area contributed by atoms with E-state index in [1.54, 1.807) is 0 Å². The van der Waals surface area contributed by atoms with Crippen molar-refractivity contribution < 1.29 is 0 Å². The minimum absolute atomic E-state index is 0.499. The number of hydrogen-bond donors (Lipinski definition) is 3. The average molecular weight is 255 g/mol. The molecular formula is C14H17N5. The summed E-state index contributed by atoms with van der Waals surface area (Å²) in [5.74, 6) is 1.35. The van der Waals surface area contributed by atoms with E-state index >= 15 is 0 Å². The first-order chi connectivity index (χ1) is 9.20. The number of nitrogens with two attached hydrogens (primary N) is 2. The minimum Gasteiger partial charge on any atom is -0.382 e. The Morgan fingerprint density at radius 2 is 2.11 bits per heavy atom. The Labute approximate surface area is 111 Å². The van der Waals surface area contributed by atoms with Crippen LogP contribution in [-0.2, 0) is 6.42 Å². The van der Waals surface area contributed by atoms with Gasteiger partial charge in [0.05, 0.1) is 5.52 Å². The van der Waals surface area contributed by atoms with E-state index in [1.165, 1.54) is 5.56 Å². The van der Waals surface area contributed by atoms with E-state index in [4.69, 9.17) is 11.5 Å². The fourth-order valence-electron chi connectivity index (χ4n) is 2.50. The smallest absolute Gasteiger partial charge is 0.150 e. The van der Waals surface area contributed by atoms with Crippen LogP contribution >= 0.6 is 0 Å². The van der Waals surface area contributed by atoms with Crippen LogP contribution in [0.3, 0.4) is 0 Å². The molecule has 0 fully saturated rings. The number of hydrogen-bond acceptors (Lipinski definition) is 4. The Balaban J connectivity index is 2.36. The number of nitrogens with one attached hydrogen (secondary N) is 1. The summed E-state index contributed by atoms with van der Waals surface area (Å²) >= 11 is 0. The van der Waals surface area contributed by atoms with Crippen molar-refractivity contribution >= 4 is 27.8 Å². The second kappa shape index (κ2) is 4.51. The number of anilines is 1. The maximum atomic E-state index is 5.98. The second-order valence-electron chi connectivity index (χ2n) is 4.75. The molecule has 3 rings (SSSR count). The van der Waals surface area contributed by atoms with Crippen LogP contribution in [0.1, 0.15) is 17.8 Å². The number of aryl methyl sites for hydroxylation is 2. The largest absolute Gasteiger partial charge is 0.382 e. The number of aromatic amines is 1. The van der Waals surface area contributed by atoms with Gasteiger partial charge in [-0.05, 0) is 37.9 Å². The Kier molecular flexibility index (Phi) is 2.83. The molecule has 5 heteroatoms. The number of nitrogens with zero attached hydrogens (tertiary/aromatic N) is 2. The highest BCUT2D eigenvalue weighted by atomic mass is 15.0. The van der Waals surface area contributed by atoms with Crippen LogP contribution in [0, 0.1) is 6.92 Å². The van der Waals surface area contributed by atoms with Gasteiger partial charge < -0.3 is 16.5 Å². The predicted molar refractivity (Wildman–Crippen MR) is 77.9 cm³/mol. The third-order valence-electron chi connectivity index (χ3n) is 3.34. The van der Waals surface area contributed by atoms with Gasteiger partial charge in [-0.3, -0.25) is 0 Å². The van der Waals surface area contributed by atoms with Gasteiger partial charge in [-0.2, -0.15) is 0 Å². The maximum Gasteiger partial charge on any atom is 0.150 e. The summed E-state index contributed by atoms with van der Waals surface area (Å²) in [6, 6.07) is 6.09. The van der Waals surface area contributed by atoms with E-state index in [2.05, 4.69) is 21.0 Å². The van der Waals surface area contributed by atoms with Gasteiger partial charge in [0.1, 0.15) is 22.7 Å². The summed E-state index contributed by atoms with van der Waals surface area (Å²) in [5, 5.41) is 1.09. The third-order valence-corrected chi connectivity index (χ3v) is 3.34. The lowest BCUT2D eigenvalue weighted by Crippen LogP contribution is -2.01. The van der Waals surface area contributed by atoms with E-state index in [9.17, 15) is 0 Å². The summed E-state index contributed by atoms with van der Waals surface area (Å²) in [7, 11) is 0. The number of nitrogen functional groups attached to an aromatic ring is 1. The van der Waals surface area contributed by atoms with Gasteiger partial charge in [-0.25, -0.2) is 9.97 Å². The second-order valence-corrected chi connectivity index (χ2v) is 4.75.